The molecule has 0 N–H and O–H groups in total. The second-order valence-corrected chi connectivity index (χ2v) is 9.51. The summed E-state index contributed by atoms with van der Waals surface area (Å²) in [4.78, 5) is 21.8. The molecule has 1 atom stereocenters. The van der Waals surface area contributed by atoms with E-state index in [-0.39, 0.29) is 23.3 Å². The van der Waals surface area contributed by atoms with E-state index in [1.165, 1.54) is 5.56 Å². The lowest BCUT2D eigenvalue weighted by Gasteiger charge is -2.39. The molecule has 1 aromatic carbocycles. The predicted octanol–water partition coefficient (Wildman–Crippen LogP) is 3.82. The monoisotopic (exact) mass is 426 g/mol. The Hall–Kier alpha value is -2.41. The van der Waals surface area contributed by atoms with Crippen molar-refractivity contribution >= 4 is 5.91 Å². The molecule has 4 rings (SSSR count). The van der Waals surface area contributed by atoms with Crippen molar-refractivity contribution in [3.8, 4) is 5.75 Å². The van der Waals surface area contributed by atoms with Gasteiger partial charge in [0.25, 0.3) is 0 Å². The topological polar surface area (TPSA) is 71.7 Å². The number of carbonyl (C=O) groups excluding carboxylic acids is 1. The van der Waals surface area contributed by atoms with E-state index in [9.17, 15) is 4.79 Å². The minimum Gasteiger partial charge on any atom is -0.497 e. The second-order valence-electron chi connectivity index (χ2n) is 9.51. The zero-order valence-electron chi connectivity index (χ0n) is 19.1. The SMILES string of the molecule is COc1ccc(CCC(=O)N2CCC3(CC2)CC(c2noc(C(C)C)n2)N(C)C3)cc1. The van der Waals surface area contributed by atoms with Gasteiger partial charge in [-0.1, -0.05) is 31.1 Å². The molecular weight excluding hydrogens is 392 g/mol. The highest BCUT2D eigenvalue weighted by Gasteiger charge is 2.46. The van der Waals surface area contributed by atoms with Crippen LogP contribution in [-0.2, 0) is 11.2 Å². The molecule has 2 fully saturated rings. The summed E-state index contributed by atoms with van der Waals surface area (Å²) in [7, 11) is 3.81. The Morgan fingerprint density at radius 3 is 2.58 bits per heavy atom. The molecule has 1 unspecified atom stereocenters. The molecule has 2 aliphatic heterocycles. The van der Waals surface area contributed by atoms with E-state index in [0.717, 1.165) is 56.9 Å². The van der Waals surface area contributed by atoms with E-state index < -0.39 is 0 Å². The minimum absolute atomic E-state index is 0.202. The van der Waals surface area contributed by atoms with Crippen LogP contribution in [0, 0.1) is 5.41 Å². The number of likely N-dealkylation sites (tertiary alicyclic amines) is 2. The molecule has 31 heavy (non-hydrogen) atoms. The van der Waals surface area contributed by atoms with Gasteiger partial charge in [-0.25, -0.2) is 0 Å². The van der Waals surface area contributed by atoms with Crippen molar-refractivity contribution in [2.24, 2.45) is 5.41 Å². The third kappa shape index (κ3) is 4.76. The van der Waals surface area contributed by atoms with E-state index in [2.05, 4.69) is 35.9 Å². The minimum atomic E-state index is 0.202. The van der Waals surface area contributed by atoms with Crippen LogP contribution in [0.3, 0.4) is 0 Å². The smallest absolute Gasteiger partial charge is 0.229 e. The highest BCUT2D eigenvalue weighted by molar-refractivity contribution is 5.76. The van der Waals surface area contributed by atoms with Gasteiger partial charge in [0.1, 0.15) is 5.75 Å². The van der Waals surface area contributed by atoms with Crippen LogP contribution >= 0.6 is 0 Å². The molecule has 2 aromatic rings. The molecule has 0 aliphatic carbocycles. The Balaban J connectivity index is 1.29. The van der Waals surface area contributed by atoms with Crippen LogP contribution in [0.1, 0.15) is 68.8 Å². The van der Waals surface area contributed by atoms with Gasteiger partial charge < -0.3 is 14.2 Å². The first-order valence-electron chi connectivity index (χ1n) is 11.3. The Morgan fingerprint density at radius 2 is 1.97 bits per heavy atom. The van der Waals surface area contributed by atoms with Crippen LogP contribution in [0.2, 0.25) is 0 Å². The maximum absolute atomic E-state index is 12.8. The fraction of sp³-hybridized carbons (Fsp3) is 0.625. The average Bonchev–Trinajstić information content (AvgIpc) is 3.38. The number of ether oxygens (including phenoxy) is 1. The molecule has 0 radical (unpaired) electrons. The first-order valence-corrected chi connectivity index (χ1v) is 11.3. The number of amides is 1. The zero-order valence-corrected chi connectivity index (χ0v) is 19.1. The van der Waals surface area contributed by atoms with Crippen molar-refractivity contribution in [3.05, 3.63) is 41.5 Å². The first kappa shape index (κ1) is 21.8. The number of rotatable bonds is 6. The standard InChI is InChI=1S/C24H34N4O3/c1-17(2)23-25-22(26-31-23)20-15-24(16-27(20)3)11-13-28(14-12-24)21(29)10-7-18-5-8-19(30-4)9-6-18/h5-6,8-9,17,20H,7,10-16H2,1-4H3. The molecule has 0 saturated carbocycles. The normalized spacial score (nSPS) is 21.2. The Morgan fingerprint density at radius 1 is 1.26 bits per heavy atom. The van der Waals surface area contributed by atoms with Crippen molar-refractivity contribution in [3.63, 3.8) is 0 Å². The molecule has 0 bridgehead atoms. The van der Waals surface area contributed by atoms with Gasteiger partial charge in [0.05, 0.1) is 13.2 Å². The number of benzene rings is 1. The van der Waals surface area contributed by atoms with Crippen molar-refractivity contribution in [1.82, 2.24) is 19.9 Å². The predicted molar refractivity (Wildman–Crippen MR) is 118 cm³/mol. The number of hydrogen-bond donors (Lipinski definition) is 0. The maximum atomic E-state index is 12.8. The summed E-state index contributed by atoms with van der Waals surface area (Å²) >= 11 is 0. The molecule has 2 saturated heterocycles. The Bertz CT molecular complexity index is 884. The molecule has 1 amide bonds. The highest BCUT2D eigenvalue weighted by atomic mass is 16.5. The van der Waals surface area contributed by atoms with E-state index in [1.807, 2.05) is 29.2 Å². The fourth-order valence-corrected chi connectivity index (χ4v) is 4.97. The summed E-state index contributed by atoms with van der Waals surface area (Å²) < 4.78 is 10.6. The molecule has 7 heteroatoms. The number of piperidine rings is 1. The van der Waals surface area contributed by atoms with Gasteiger partial charge in [0.15, 0.2) is 5.82 Å². The fourth-order valence-electron chi connectivity index (χ4n) is 4.97. The lowest BCUT2D eigenvalue weighted by molar-refractivity contribution is -0.133. The van der Waals surface area contributed by atoms with Crippen molar-refractivity contribution in [1.29, 1.82) is 0 Å². The molecule has 3 heterocycles. The molecule has 1 aromatic heterocycles. The summed E-state index contributed by atoms with van der Waals surface area (Å²) in [5.41, 5.74) is 1.41. The van der Waals surface area contributed by atoms with Gasteiger partial charge in [-0.3, -0.25) is 9.69 Å². The summed E-state index contributed by atoms with van der Waals surface area (Å²) in [6.07, 6.45) is 4.44. The third-order valence-corrected chi connectivity index (χ3v) is 6.96. The molecule has 1 spiro atoms. The molecule has 7 nitrogen and oxygen atoms in total. The number of nitrogens with zero attached hydrogens (tertiary/aromatic N) is 4. The first-order chi connectivity index (χ1) is 14.9. The van der Waals surface area contributed by atoms with Crippen LogP contribution in [0.25, 0.3) is 0 Å². The number of aromatic nitrogens is 2. The number of methoxy groups -OCH3 is 1. The van der Waals surface area contributed by atoms with Crippen LogP contribution in [-0.4, -0.2) is 59.6 Å². The van der Waals surface area contributed by atoms with Gasteiger partial charge in [-0.15, -0.1) is 0 Å². The summed E-state index contributed by atoms with van der Waals surface area (Å²) in [6, 6.07) is 8.17. The lowest BCUT2D eigenvalue weighted by atomic mass is 9.76. The largest absolute Gasteiger partial charge is 0.497 e. The van der Waals surface area contributed by atoms with E-state index in [0.29, 0.717) is 12.3 Å². The summed E-state index contributed by atoms with van der Waals surface area (Å²) in [5.74, 6) is 2.86. The van der Waals surface area contributed by atoms with Gasteiger partial charge in [0.2, 0.25) is 11.8 Å². The Kier molecular flexibility index (Phi) is 6.32. The zero-order chi connectivity index (χ0) is 22.0. The average molecular weight is 427 g/mol. The number of hydrogen-bond acceptors (Lipinski definition) is 6. The van der Waals surface area contributed by atoms with Gasteiger partial charge in [0, 0.05) is 32.0 Å². The summed E-state index contributed by atoms with van der Waals surface area (Å²) in [6.45, 7) is 6.84. The quantitative estimate of drug-likeness (QED) is 0.699. The molecular formula is C24H34N4O3. The van der Waals surface area contributed by atoms with Crippen molar-refractivity contribution in [2.45, 2.75) is 57.9 Å². The van der Waals surface area contributed by atoms with Crippen LogP contribution in [0.15, 0.2) is 28.8 Å². The molecule has 2 aliphatic rings. The van der Waals surface area contributed by atoms with Crippen LogP contribution < -0.4 is 4.74 Å². The van der Waals surface area contributed by atoms with E-state index in [1.54, 1.807) is 7.11 Å². The van der Waals surface area contributed by atoms with Gasteiger partial charge >= 0.3 is 0 Å². The van der Waals surface area contributed by atoms with Crippen LogP contribution in [0.5, 0.6) is 5.75 Å². The summed E-state index contributed by atoms with van der Waals surface area (Å²) in [5, 5.41) is 4.25. The maximum Gasteiger partial charge on any atom is 0.229 e. The molecule has 168 valence electrons. The second kappa shape index (κ2) is 8.99. The lowest BCUT2D eigenvalue weighted by Crippen LogP contribution is -2.44. The third-order valence-electron chi connectivity index (χ3n) is 6.96. The number of carbonyl (C=O) groups is 1. The van der Waals surface area contributed by atoms with Crippen LogP contribution in [0.4, 0.5) is 0 Å². The van der Waals surface area contributed by atoms with Gasteiger partial charge in [-0.2, -0.15) is 4.98 Å². The van der Waals surface area contributed by atoms with Gasteiger partial charge in [-0.05, 0) is 55.8 Å². The number of aryl methyl sites for hydroxylation is 1. The van der Waals surface area contributed by atoms with Crippen molar-refractivity contribution < 1.29 is 14.1 Å². The van der Waals surface area contributed by atoms with Crippen molar-refractivity contribution in [2.75, 3.05) is 33.8 Å². The van der Waals surface area contributed by atoms with E-state index in [4.69, 9.17) is 9.26 Å². The Labute approximate surface area is 184 Å². The highest BCUT2D eigenvalue weighted by Crippen LogP contribution is 2.47. The van der Waals surface area contributed by atoms with E-state index >= 15 is 0 Å².